The van der Waals surface area contributed by atoms with Crippen LogP contribution in [0.2, 0.25) is 0 Å². The van der Waals surface area contributed by atoms with Crippen LogP contribution < -0.4 is 4.90 Å². The van der Waals surface area contributed by atoms with E-state index in [1.54, 1.807) is 19.2 Å². The second-order valence-corrected chi connectivity index (χ2v) is 4.38. The van der Waals surface area contributed by atoms with Crippen molar-refractivity contribution in [2.45, 2.75) is 38.3 Å². The van der Waals surface area contributed by atoms with Crippen molar-refractivity contribution in [1.29, 1.82) is 0 Å². The van der Waals surface area contributed by atoms with E-state index in [-0.39, 0.29) is 18.0 Å². The summed E-state index contributed by atoms with van der Waals surface area (Å²) >= 11 is 0. The molecule has 0 unspecified atom stereocenters. The van der Waals surface area contributed by atoms with Crippen molar-refractivity contribution < 1.29 is 9.50 Å². The number of aromatic nitrogens is 1. The number of hydrogen-bond donors (Lipinski definition) is 1. The van der Waals surface area contributed by atoms with E-state index < -0.39 is 0 Å². The fourth-order valence-corrected chi connectivity index (χ4v) is 2.34. The summed E-state index contributed by atoms with van der Waals surface area (Å²) in [7, 11) is 0. The molecule has 1 aliphatic heterocycles. The summed E-state index contributed by atoms with van der Waals surface area (Å²) in [5.41, 5.74) is 0. The summed E-state index contributed by atoms with van der Waals surface area (Å²) in [6, 6.07) is 3.24. The van der Waals surface area contributed by atoms with Crippen LogP contribution in [0.4, 0.5) is 10.2 Å². The first-order valence-electron chi connectivity index (χ1n) is 5.73. The fraction of sp³-hybridized carbons (Fsp3) is 0.583. The molecule has 1 N–H and O–H groups in total. The molecule has 0 aliphatic carbocycles. The third-order valence-electron chi connectivity index (χ3n) is 3.00. The van der Waals surface area contributed by atoms with Gasteiger partial charge in [-0.1, -0.05) is 0 Å². The summed E-state index contributed by atoms with van der Waals surface area (Å²) in [5, 5.41) is 9.41. The zero-order chi connectivity index (χ0) is 11.5. The van der Waals surface area contributed by atoms with Crippen LogP contribution in [-0.2, 0) is 0 Å². The van der Waals surface area contributed by atoms with Crippen LogP contribution in [0.3, 0.4) is 0 Å². The van der Waals surface area contributed by atoms with Crippen LogP contribution in [-0.4, -0.2) is 28.8 Å². The highest BCUT2D eigenvalue weighted by atomic mass is 19.1. The molecule has 0 radical (unpaired) electrons. The number of pyridine rings is 1. The quantitative estimate of drug-likeness (QED) is 0.852. The molecule has 0 bridgehead atoms. The van der Waals surface area contributed by atoms with E-state index in [1.807, 2.05) is 4.90 Å². The van der Waals surface area contributed by atoms with Gasteiger partial charge in [-0.15, -0.1) is 0 Å². The smallest absolute Gasteiger partial charge is 0.165 e. The van der Waals surface area contributed by atoms with Crippen LogP contribution >= 0.6 is 0 Å². The molecule has 0 saturated carbocycles. The average molecular weight is 224 g/mol. The van der Waals surface area contributed by atoms with Gasteiger partial charge in [-0.25, -0.2) is 9.37 Å². The molecule has 0 spiro atoms. The third kappa shape index (κ3) is 2.32. The Morgan fingerprint density at radius 2 is 2.50 bits per heavy atom. The first kappa shape index (κ1) is 11.3. The molecule has 88 valence electrons. The van der Waals surface area contributed by atoms with E-state index in [1.165, 1.54) is 6.07 Å². The minimum Gasteiger partial charge on any atom is -0.393 e. The third-order valence-corrected chi connectivity index (χ3v) is 3.00. The number of halogens is 1. The number of anilines is 1. The molecule has 1 aromatic rings. The molecule has 1 fully saturated rings. The average Bonchev–Trinajstić information content (AvgIpc) is 2.66. The number of aliphatic hydroxyl groups is 1. The van der Waals surface area contributed by atoms with E-state index in [9.17, 15) is 9.50 Å². The normalized spacial score (nSPS) is 22.4. The monoisotopic (exact) mass is 224 g/mol. The highest BCUT2D eigenvalue weighted by Gasteiger charge is 2.28. The van der Waals surface area contributed by atoms with Crippen LogP contribution in [0, 0.1) is 5.82 Å². The molecular weight excluding hydrogens is 207 g/mol. The molecule has 16 heavy (non-hydrogen) atoms. The van der Waals surface area contributed by atoms with Gasteiger partial charge in [0.25, 0.3) is 0 Å². The maximum absolute atomic E-state index is 13.6. The fourth-order valence-electron chi connectivity index (χ4n) is 2.34. The van der Waals surface area contributed by atoms with E-state index in [4.69, 9.17) is 0 Å². The highest BCUT2D eigenvalue weighted by molar-refractivity contribution is 5.42. The number of aliphatic hydroxyl groups excluding tert-OH is 1. The van der Waals surface area contributed by atoms with Gasteiger partial charge in [0, 0.05) is 18.8 Å². The predicted octanol–water partition coefficient (Wildman–Crippen LogP) is 1.96. The molecule has 1 saturated heterocycles. The zero-order valence-electron chi connectivity index (χ0n) is 9.43. The first-order chi connectivity index (χ1) is 7.68. The number of hydrogen-bond acceptors (Lipinski definition) is 3. The Hall–Kier alpha value is -1.16. The molecule has 3 nitrogen and oxygen atoms in total. The van der Waals surface area contributed by atoms with Crippen molar-refractivity contribution in [2.75, 3.05) is 11.4 Å². The van der Waals surface area contributed by atoms with Gasteiger partial charge >= 0.3 is 0 Å². The van der Waals surface area contributed by atoms with Gasteiger partial charge in [0.1, 0.15) is 0 Å². The molecule has 2 heterocycles. The second-order valence-electron chi connectivity index (χ2n) is 4.38. The predicted molar refractivity (Wildman–Crippen MR) is 60.9 cm³/mol. The summed E-state index contributed by atoms with van der Waals surface area (Å²) in [6.45, 7) is 2.59. The largest absolute Gasteiger partial charge is 0.393 e. The van der Waals surface area contributed by atoms with Crippen LogP contribution in [0.15, 0.2) is 18.3 Å². The van der Waals surface area contributed by atoms with Gasteiger partial charge in [0.05, 0.1) is 6.10 Å². The lowest BCUT2D eigenvalue weighted by molar-refractivity contribution is 0.175. The lowest BCUT2D eigenvalue weighted by Crippen LogP contribution is -2.33. The van der Waals surface area contributed by atoms with Gasteiger partial charge in [-0.2, -0.15) is 0 Å². The maximum atomic E-state index is 13.6. The van der Waals surface area contributed by atoms with E-state index in [0.717, 1.165) is 19.4 Å². The molecule has 0 amide bonds. The van der Waals surface area contributed by atoms with Crippen molar-refractivity contribution in [3.63, 3.8) is 0 Å². The Morgan fingerprint density at radius 3 is 3.19 bits per heavy atom. The Morgan fingerprint density at radius 1 is 1.69 bits per heavy atom. The zero-order valence-corrected chi connectivity index (χ0v) is 9.43. The van der Waals surface area contributed by atoms with Gasteiger partial charge in [0.2, 0.25) is 0 Å². The van der Waals surface area contributed by atoms with Crippen LogP contribution in [0.1, 0.15) is 26.2 Å². The molecule has 1 aliphatic rings. The van der Waals surface area contributed by atoms with Gasteiger partial charge in [0.15, 0.2) is 11.6 Å². The lowest BCUT2D eigenvalue weighted by atomic mass is 10.1. The van der Waals surface area contributed by atoms with Crippen LogP contribution in [0.5, 0.6) is 0 Å². The number of nitrogens with zero attached hydrogens (tertiary/aromatic N) is 2. The van der Waals surface area contributed by atoms with Gasteiger partial charge < -0.3 is 10.0 Å². The molecule has 1 aromatic heterocycles. The SMILES string of the molecule is C[C@@H](O)C[C@@H]1CCCN1c1ncccc1F. The molecule has 2 rings (SSSR count). The van der Waals surface area contributed by atoms with Crippen molar-refractivity contribution in [3.8, 4) is 0 Å². The van der Waals surface area contributed by atoms with E-state index >= 15 is 0 Å². The number of rotatable bonds is 3. The Bertz CT molecular complexity index is 357. The Kier molecular flexibility index (Phi) is 3.39. The summed E-state index contributed by atoms with van der Waals surface area (Å²) in [4.78, 5) is 6.06. The van der Waals surface area contributed by atoms with E-state index in [0.29, 0.717) is 12.2 Å². The van der Waals surface area contributed by atoms with Gasteiger partial charge in [-0.3, -0.25) is 0 Å². The van der Waals surface area contributed by atoms with Crippen molar-refractivity contribution in [3.05, 3.63) is 24.1 Å². The molecule has 2 atom stereocenters. The van der Waals surface area contributed by atoms with Crippen molar-refractivity contribution in [2.24, 2.45) is 0 Å². The Balaban J connectivity index is 2.17. The second kappa shape index (κ2) is 4.78. The van der Waals surface area contributed by atoms with Crippen molar-refractivity contribution >= 4 is 5.82 Å². The Labute approximate surface area is 94.9 Å². The van der Waals surface area contributed by atoms with Crippen LogP contribution in [0.25, 0.3) is 0 Å². The molecule has 0 aromatic carbocycles. The highest BCUT2D eigenvalue weighted by Crippen LogP contribution is 2.28. The summed E-state index contributed by atoms with van der Waals surface area (Å²) in [6.07, 6.45) is 3.97. The van der Waals surface area contributed by atoms with Gasteiger partial charge in [-0.05, 0) is 38.3 Å². The molecular formula is C12H17FN2O. The minimum atomic E-state index is -0.350. The van der Waals surface area contributed by atoms with E-state index in [2.05, 4.69) is 4.98 Å². The topological polar surface area (TPSA) is 36.4 Å². The van der Waals surface area contributed by atoms with Crippen molar-refractivity contribution in [1.82, 2.24) is 4.98 Å². The standard InChI is InChI=1S/C12H17FN2O/c1-9(16)8-10-4-3-7-15(10)12-11(13)5-2-6-14-12/h2,5-6,9-10,16H,3-4,7-8H2,1H3/t9-,10+/m1/s1. The summed E-state index contributed by atoms with van der Waals surface area (Å²) < 4.78 is 13.6. The maximum Gasteiger partial charge on any atom is 0.165 e. The summed E-state index contributed by atoms with van der Waals surface area (Å²) in [5.74, 6) is 0.144. The first-order valence-corrected chi connectivity index (χ1v) is 5.73. The minimum absolute atomic E-state index is 0.212. The lowest BCUT2D eigenvalue weighted by Gasteiger charge is -2.26. The molecule has 4 heteroatoms.